The summed E-state index contributed by atoms with van der Waals surface area (Å²) in [6.45, 7) is 1.69. The van der Waals surface area contributed by atoms with Gasteiger partial charge in [0.25, 0.3) is 0 Å². The number of rotatable bonds is 5. The fraction of sp³-hybridized carbons (Fsp3) is 0.400. The van der Waals surface area contributed by atoms with Crippen molar-refractivity contribution in [3.05, 3.63) is 33.9 Å². The van der Waals surface area contributed by atoms with Crippen LogP contribution in [0.4, 0.5) is 5.69 Å². The lowest BCUT2D eigenvalue weighted by Gasteiger charge is -2.09. The van der Waals surface area contributed by atoms with E-state index in [-0.39, 0.29) is 23.9 Å². The van der Waals surface area contributed by atoms with Gasteiger partial charge in [0.2, 0.25) is 0 Å². The van der Waals surface area contributed by atoms with Crippen molar-refractivity contribution in [2.75, 3.05) is 12.5 Å². The molecular formula is C10H12ClNO4. The van der Waals surface area contributed by atoms with Gasteiger partial charge in [-0.2, -0.15) is 0 Å². The number of hydrogen-bond acceptors (Lipinski definition) is 4. The van der Waals surface area contributed by atoms with Crippen LogP contribution in [0.3, 0.4) is 0 Å². The topological polar surface area (TPSA) is 72.6 Å². The first kappa shape index (κ1) is 12.7. The molecule has 88 valence electrons. The molecule has 1 atom stereocenters. The molecule has 0 aliphatic rings. The fourth-order valence-corrected chi connectivity index (χ4v) is 1.21. The Bertz CT molecular complexity index is 383. The van der Waals surface area contributed by atoms with E-state index in [0.717, 1.165) is 5.56 Å². The molecule has 1 N–H and O–H groups in total. The molecule has 1 aromatic carbocycles. The molecule has 0 spiro atoms. The van der Waals surface area contributed by atoms with Crippen molar-refractivity contribution >= 4 is 17.3 Å². The maximum atomic E-state index is 10.7. The third-order valence-electron chi connectivity index (χ3n) is 1.92. The molecule has 0 saturated carbocycles. The summed E-state index contributed by atoms with van der Waals surface area (Å²) in [5, 5.41) is 19.9. The van der Waals surface area contributed by atoms with Gasteiger partial charge >= 0.3 is 5.69 Å². The molecule has 1 rings (SSSR count). The summed E-state index contributed by atoms with van der Waals surface area (Å²) < 4.78 is 5.13. The van der Waals surface area contributed by atoms with E-state index in [1.54, 1.807) is 13.0 Å². The predicted molar refractivity (Wildman–Crippen MR) is 60.1 cm³/mol. The lowest BCUT2D eigenvalue weighted by molar-refractivity contribution is -0.386. The van der Waals surface area contributed by atoms with Crippen molar-refractivity contribution in [2.24, 2.45) is 0 Å². The molecular weight excluding hydrogens is 234 g/mol. The second-order valence-electron chi connectivity index (χ2n) is 3.35. The van der Waals surface area contributed by atoms with E-state index in [1.807, 2.05) is 0 Å². The van der Waals surface area contributed by atoms with Gasteiger partial charge in [-0.15, -0.1) is 11.6 Å². The zero-order valence-electron chi connectivity index (χ0n) is 8.72. The first-order valence-electron chi connectivity index (χ1n) is 4.66. The molecule has 0 fully saturated rings. The number of nitrogens with zero attached hydrogens (tertiary/aromatic N) is 1. The summed E-state index contributed by atoms with van der Waals surface area (Å²) >= 11 is 5.38. The lowest BCUT2D eigenvalue weighted by atomic mass is 10.2. The molecule has 6 heteroatoms. The Kier molecular flexibility index (Phi) is 4.52. The van der Waals surface area contributed by atoms with Gasteiger partial charge in [-0.05, 0) is 18.6 Å². The number of halogens is 1. The summed E-state index contributed by atoms with van der Waals surface area (Å²) in [6, 6.07) is 4.63. The van der Waals surface area contributed by atoms with E-state index in [9.17, 15) is 15.2 Å². The average molecular weight is 246 g/mol. The summed E-state index contributed by atoms with van der Waals surface area (Å²) in [5.41, 5.74) is 0.665. The predicted octanol–water partition coefficient (Wildman–Crippen LogP) is 1.88. The van der Waals surface area contributed by atoms with Gasteiger partial charge in [0.05, 0.1) is 10.8 Å². The van der Waals surface area contributed by atoms with Crippen LogP contribution in [0.2, 0.25) is 0 Å². The Morgan fingerprint density at radius 3 is 2.88 bits per heavy atom. The number of nitro groups is 1. The van der Waals surface area contributed by atoms with Crippen molar-refractivity contribution in [2.45, 2.75) is 13.0 Å². The maximum absolute atomic E-state index is 10.7. The van der Waals surface area contributed by atoms with Crippen molar-refractivity contribution in [1.82, 2.24) is 0 Å². The number of alkyl halides is 1. The Morgan fingerprint density at radius 2 is 2.31 bits per heavy atom. The first-order chi connectivity index (χ1) is 7.54. The van der Waals surface area contributed by atoms with Crippen molar-refractivity contribution in [3.8, 4) is 5.75 Å². The van der Waals surface area contributed by atoms with Gasteiger partial charge in [0, 0.05) is 6.07 Å². The smallest absolute Gasteiger partial charge is 0.311 e. The van der Waals surface area contributed by atoms with E-state index in [0.29, 0.717) is 0 Å². The molecule has 1 aromatic rings. The van der Waals surface area contributed by atoms with E-state index in [4.69, 9.17) is 16.3 Å². The Morgan fingerprint density at radius 1 is 1.62 bits per heavy atom. The highest BCUT2D eigenvalue weighted by atomic mass is 35.5. The highest BCUT2D eigenvalue weighted by molar-refractivity contribution is 6.18. The van der Waals surface area contributed by atoms with Gasteiger partial charge in [0.15, 0.2) is 5.75 Å². The van der Waals surface area contributed by atoms with Crippen molar-refractivity contribution in [1.29, 1.82) is 0 Å². The Balaban J connectivity index is 2.82. The monoisotopic (exact) mass is 245 g/mol. The summed E-state index contributed by atoms with van der Waals surface area (Å²) in [4.78, 5) is 10.2. The normalized spacial score (nSPS) is 12.2. The number of aryl methyl sites for hydroxylation is 1. The van der Waals surface area contributed by atoms with Gasteiger partial charge in [-0.1, -0.05) is 6.07 Å². The molecule has 0 radical (unpaired) electrons. The molecule has 1 unspecified atom stereocenters. The molecule has 0 aliphatic heterocycles. The van der Waals surface area contributed by atoms with Crippen LogP contribution in [0.25, 0.3) is 0 Å². The van der Waals surface area contributed by atoms with Gasteiger partial charge in [-0.25, -0.2) is 0 Å². The minimum atomic E-state index is -0.831. The lowest BCUT2D eigenvalue weighted by Crippen LogP contribution is -2.19. The highest BCUT2D eigenvalue weighted by Gasteiger charge is 2.16. The maximum Gasteiger partial charge on any atom is 0.311 e. The largest absolute Gasteiger partial charge is 0.484 e. The summed E-state index contributed by atoms with van der Waals surface area (Å²) in [7, 11) is 0. The fourth-order valence-electron chi connectivity index (χ4n) is 1.12. The van der Waals surface area contributed by atoms with Crippen LogP contribution in [0.1, 0.15) is 5.56 Å². The van der Waals surface area contributed by atoms with Crippen LogP contribution < -0.4 is 4.74 Å². The second-order valence-corrected chi connectivity index (χ2v) is 3.66. The van der Waals surface area contributed by atoms with E-state index < -0.39 is 11.0 Å². The van der Waals surface area contributed by atoms with Crippen LogP contribution in [0, 0.1) is 17.0 Å². The standard InChI is InChI=1S/C10H12ClNO4/c1-7-2-3-10(9(4-7)12(14)15)16-6-8(13)5-11/h2-4,8,13H,5-6H2,1H3. The Hall–Kier alpha value is -1.33. The van der Waals surface area contributed by atoms with Crippen LogP contribution in [-0.4, -0.2) is 28.6 Å². The Labute approximate surface area is 97.8 Å². The molecule has 0 saturated heterocycles. The molecule has 0 aromatic heterocycles. The minimum absolute atomic E-state index is 0.0274. The number of ether oxygens (including phenoxy) is 1. The molecule has 0 aliphatic carbocycles. The van der Waals surface area contributed by atoms with Crippen LogP contribution in [0.5, 0.6) is 5.75 Å². The highest BCUT2D eigenvalue weighted by Crippen LogP contribution is 2.27. The molecule has 16 heavy (non-hydrogen) atoms. The number of nitro benzene ring substituents is 1. The van der Waals surface area contributed by atoms with Gasteiger partial charge < -0.3 is 9.84 Å². The third-order valence-corrected chi connectivity index (χ3v) is 2.28. The molecule has 5 nitrogen and oxygen atoms in total. The molecule has 0 heterocycles. The van der Waals surface area contributed by atoms with Gasteiger partial charge in [-0.3, -0.25) is 10.1 Å². The number of aliphatic hydroxyl groups is 1. The minimum Gasteiger partial charge on any atom is -0.484 e. The van der Waals surface area contributed by atoms with Crippen molar-refractivity contribution < 1.29 is 14.8 Å². The third kappa shape index (κ3) is 3.36. The van der Waals surface area contributed by atoms with E-state index in [2.05, 4.69) is 0 Å². The molecule has 0 bridgehead atoms. The van der Waals surface area contributed by atoms with Crippen LogP contribution >= 0.6 is 11.6 Å². The van der Waals surface area contributed by atoms with Crippen molar-refractivity contribution in [3.63, 3.8) is 0 Å². The summed E-state index contributed by atoms with van der Waals surface area (Å²) in [6.07, 6.45) is -0.831. The van der Waals surface area contributed by atoms with Crippen LogP contribution in [0.15, 0.2) is 18.2 Å². The summed E-state index contributed by atoms with van der Waals surface area (Å²) in [5.74, 6) is 0.166. The quantitative estimate of drug-likeness (QED) is 0.488. The number of benzene rings is 1. The first-order valence-corrected chi connectivity index (χ1v) is 5.20. The van der Waals surface area contributed by atoms with E-state index in [1.165, 1.54) is 12.1 Å². The second kappa shape index (κ2) is 5.67. The van der Waals surface area contributed by atoms with Gasteiger partial charge in [0.1, 0.15) is 12.7 Å². The zero-order chi connectivity index (χ0) is 12.1. The molecule has 0 amide bonds. The average Bonchev–Trinajstić information content (AvgIpc) is 2.26. The number of hydrogen-bond donors (Lipinski definition) is 1. The number of aliphatic hydroxyl groups excluding tert-OH is 1. The van der Waals surface area contributed by atoms with E-state index >= 15 is 0 Å². The SMILES string of the molecule is Cc1ccc(OCC(O)CCl)c([N+](=O)[O-])c1. The zero-order valence-corrected chi connectivity index (χ0v) is 9.48. The van der Waals surface area contributed by atoms with Crippen LogP contribution in [-0.2, 0) is 0 Å².